The maximum absolute atomic E-state index is 11.5. The van der Waals surface area contributed by atoms with Crippen LogP contribution in [0.25, 0.3) is 0 Å². The van der Waals surface area contributed by atoms with Gasteiger partial charge in [-0.2, -0.15) is 17.4 Å². The summed E-state index contributed by atoms with van der Waals surface area (Å²) >= 11 is 11.6. The number of halogens is 2. The van der Waals surface area contributed by atoms with Gasteiger partial charge in [-0.05, 0) is 12.1 Å². The number of rotatable bonds is 5. The molecule has 0 amide bonds. The second-order valence-electron chi connectivity index (χ2n) is 3.82. The minimum Gasteiger partial charge on any atom is -0.387 e. The highest BCUT2D eigenvalue weighted by Gasteiger charge is 2.17. The molecule has 1 rings (SSSR count). The van der Waals surface area contributed by atoms with E-state index in [9.17, 15) is 13.5 Å². The minimum absolute atomic E-state index is 0.165. The molecule has 1 aromatic rings. The normalized spacial score (nSPS) is 13.9. The van der Waals surface area contributed by atoms with Crippen molar-refractivity contribution < 1.29 is 13.5 Å². The summed E-state index contributed by atoms with van der Waals surface area (Å²) in [5, 5.41) is 10.6. The third kappa shape index (κ3) is 4.08. The zero-order valence-electron chi connectivity index (χ0n) is 9.89. The molecule has 0 aliphatic carbocycles. The summed E-state index contributed by atoms with van der Waals surface area (Å²) in [6.45, 7) is -0.165. The van der Waals surface area contributed by atoms with Crippen LogP contribution >= 0.6 is 23.2 Å². The van der Waals surface area contributed by atoms with E-state index in [1.54, 1.807) is 12.1 Å². The predicted octanol–water partition coefficient (Wildman–Crippen LogP) is 1.42. The Morgan fingerprint density at radius 2 is 2.00 bits per heavy atom. The van der Waals surface area contributed by atoms with E-state index in [2.05, 4.69) is 4.72 Å². The summed E-state index contributed by atoms with van der Waals surface area (Å²) in [5.74, 6) is 0. The number of nitrogens with one attached hydrogen (secondary N) is 1. The number of aliphatic hydroxyl groups excluding tert-OH is 1. The van der Waals surface area contributed by atoms with Crippen LogP contribution in [0.5, 0.6) is 0 Å². The van der Waals surface area contributed by atoms with Crippen LogP contribution in [0.15, 0.2) is 18.2 Å². The number of nitrogens with zero attached hydrogens (tertiary/aromatic N) is 1. The second-order valence-corrected chi connectivity index (χ2v) is 6.63. The fourth-order valence-electron chi connectivity index (χ4n) is 1.20. The molecule has 0 fully saturated rings. The molecule has 0 radical (unpaired) electrons. The minimum atomic E-state index is -3.57. The van der Waals surface area contributed by atoms with Gasteiger partial charge in [0.05, 0.1) is 6.10 Å². The standard InChI is InChI=1S/C10H14Cl2N2O3S/c1-14(2)18(16,17)13-6-10(15)8-4-3-7(11)5-9(8)12/h3-5,10,13,15H,6H2,1-2H3. The maximum atomic E-state index is 11.5. The van der Waals surface area contributed by atoms with Crippen LogP contribution in [0.3, 0.4) is 0 Å². The van der Waals surface area contributed by atoms with Crippen LogP contribution in [-0.2, 0) is 10.2 Å². The molecule has 0 heterocycles. The van der Waals surface area contributed by atoms with E-state index >= 15 is 0 Å². The summed E-state index contributed by atoms with van der Waals surface area (Å²) in [7, 11) is -0.782. The van der Waals surface area contributed by atoms with Gasteiger partial charge in [0.25, 0.3) is 10.2 Å². The number of hydrogen-bond donors (Lipinski definition) is 2. The Bertz CT molecular complexity index is 520. The Morgan fingerprint density at radius 1 is 1.39 bits per heavy atom. The van der Waals surface area contributed by atoms with Crippen molar-refractivity contribution in [2.75, 3.05) is 20.6 Å². The quantitative estimate of drug-likeness (QED) is 0.864. The first-order chi connectivity index (χ1) is 8.24. The number of aliphatic hydroxyl groups is 1. The Balaban J connectivity index is 2.75. The summed E-state index contributed by atoms with van der Waals surface area (Å²) < 4.78 is 26.2. The fourth-order valence-corrected chi connectivity index (χ4v) is 2.36. The first-order valence-corrected chi connectivity index (χ1v) is 7.24. The molecule has 0 saturated heterocycles. The summed E-state index contributed by atoms with van der Waals surface area (Å²) in [4.78, 5) is 0. The molecule has 0 spiro atoms. The molecule has 8 heteroatoms. The van der Waals surface area contributed by atoms with Gasteiger partial charge in [0.1, 0.15) is 0 Å². The number of benzene rings is 1. The van der Waals surface area contributed by atoms with Crippen molar-refractivity contribution in [3.8, 4) is 0 Å². The van der Waals surface area contributed by atoms with E-state index < -0.39 is 16.3 Å². The average Bonchev–Trinajstić information content (AvgIpc) is 2.25. The molecule has 18 heavy (non-hydrogen) atoms. The van der Waals surface area contributed by atoms with Crippen molar-refractivity contribution in [2.24, 2.45) is 0 Å². The van der Waals surface area contributed by atoms with E-state index in [-0.39, 0.29) is 6.54 Å². The predicted molar refractivity (Wildman–Crippen MR) is 72.0 cm³/mol. The van der Waals surface area contributed by atoms with Gasteiger partial charge in [-0.15, -0.1) is 0 Å². The van der Waals surface area contributed by atoms with E-state index in [4.69, 9.17) is 23.2 Å². The molecule has 0 aromatic heterocycles. The Morgan fingerprint density at radius 3 is 2.50 bits per heavy atom. The smallest absolute Gasteiger partial charge is 0.279 e. The third-order valence-corrected chi connectivity index (χ3v) is 4.32. The van der Waals surface area contributed by atoms with Crippen LogP contribution in [0.4, 0.5) is 0 Å². The molecule has 0 aliphatic rings. The molecule has 0 aliphatic heterocycles. The van der Waals surface area contributed by atoms with E-state index in [0.29, 0.717) is 15.6 Å². The molecule has 2 N–H and O–H groups in total. The van der Waals surface area contributed by atoms with Crippen molar-refractivity contribution in [2.45, 2.75) is 6.10 Å². The zero-order chi connectivity index (χ0) is 13.9. The van der Waals surface area contributed by atoms with Gasteiger partial charge in [-0.1, -0.05) is 29.3 Å². The Labute approximate surface area is 116 Å². The lowest BCUT2D eigenvalue weighted by Gasteiger charge is -2.16. The summed E-state index contributed by atoms with van der Waals surface area (Å²) in [6, 6.07) is 4.62. The maximum Gasteiger partial charge on any atom is 0.279 e. The van der Waals surface area contributed by atoms with Crippen LogP contribution in [0, 0.1) is 0 Å². The lowest BCUT2D eigenvalue weighted by Crippen LogP contribution is -2.37. The van der Waals surface area contributed by atoms with Gasteiger partial charge in [-0.3, -0.25) is 0 Å². The molecular formula is C10H14Cl2N2O3S. The van der Waals surface area contributed by atoms with Gasteiger partial charge in [0, 0.05) is 36.2 Å². The van der Waals surface area contributed by atoms with Crippen molar-refractivity contribution >= 4 is 33.4 Å². The zero-order valence-corrected chi connectivity index (χ0v) is 12.2. The van der Waals surface area contributed by atoms with Crippen LogP contribution in [0.1, 0.15) is 11.7 Å². The first-order valence-electron chi connectivity index (χ1n) is 5.04. The molecule has 102 valence electrons. The van der Waals surface area contributed by atoms with Crippen molar-refractivity contribution in [1.29, 1.82) is 0 Å². The first kappa shape index (κ1) is 15.7. The highest BCUT2D eigenvalue weighted by atomic mass is 35.5. The molecular weight excluding hydrogens is 299 g/mol. The molecule has 0 bridgehead atoms. The van der Waals surface area contributed by atoms with Gasteiger partial charge >= 0.3 is 0 Å². The molecule has 5 nitrogen and oxygen atoms in total. The molecule has 0 saturated carbocycles. The van der Waals surface area contributed by atoms with E-state index in [0.717, 1.165) is 4.31 Å². The van der Waals surface area contributed by atoms with Gasteiger partial charge in [0.2, 0.25) is 0 Å². The summed E-state index contributed by atoms with van der Waals surface area (Å²) in [5.41, 5.74) is 0.419. The van der Waals surface area contributed by atoms with Crippen LogP contribution < -0.4 is 4.72 Å². The second kappa shape index (κ2) is 6.18. The van der Waals surface area contributed by atoms with E-state index in [1.165, 1.54) is 20.2 Å². The number of hydrogen-bond acceptors (Lipinski definition) is 3. The Kier molecular flexibility index (Phi) is 5.39. The van der Waals surface area contributed by atoms with Crippen molar-refractivity contribution in [1.82, 2.24) is 9.03 Å². The van der Waals surface area contributed by atoms with Gasteiger partial charge < -0.3 is 5.11 Å². The van der Waals surface area contributed by atoms with Gasteiger partial charge in [-0.25, -0.2) is 0 Å². The topological polar surface area (TPSA) is 69.6 Å². The molecule has 1 aromatic carbocycles. The average molecular weight is 313 g/mol. The van der Waals surface area contributed by atoms with Crippen LogP contribution in [-0.4, -0.2) is 38.5 Å². The SMILES string of the molecule is CN(C)S(=O)(=O)NCC(O)c1ccc(Cl)cc1Cl. The van der Waals surface area contributed by atoms with Crippen molar-refractivity contribution in [3.63, 3.8) is 0 Å². The fraction of sp³-hybridized carbons (Fsp3) is 0.400. The highest BCUT2D eigenvalue weighted by Crippen LogP contribution is 2.25. The molecule has 1 unspecified atom stereocenters. The van der Waals surface area contributed by atoms with Gasteiger partial charge in [0.15, 0.2) is 0 Å². The molecule has 1 atom stereocenters. The Hall–Kier alpha value is -0.370. The van der Waals surface area contributed by atoms with Crippen molar-refractivity contribution in [3.05, 3.63) is 33.8 Å². The van der Waals surface area contributed by atoms with E-state index in [1.807, 2.05) is 0 Å². The lowest BCUT2D eigenvalue weighted by molar-refractivity contribution is 0.181. The largest absolute Gasteiger partial charge is 0.387 e. The van der Waals surface area contributed by atoms with Crippen LogP contribution in [0.2, 0.25) is 10.0 Å². The lowest BCUT2D eigenvalue weighted by atomic mass is 10.1. The highest BCUT2D eigenvalue weighted by molar-refractivity contribution is 7.87. The monoisotopic (exact) mass is 312 g/mol. The third-order valence-electron chi connectivity index (χ3n) is 2.26. The summed E-state index contributed by atoms with van der Waals surface area (Å²) in [6.07, 6.45) is -1.04.